The number of aliphatic hydroxyl groups is 16. The minimum atomic E-state index is -2.67. The molecule has 5 saturated heterocycles. The summed E-state index contributed by atoms with van der Waals surface area (Å²) in [4.78, 5) is 28.3. The third kappa shape index (κ3) is 12.0. The van der Waals surface area contributed by atoms with Crippen LogP contribution in [-0.4, -0.2) is 286 Å². The zero-order valence-electron chi connectivity index (χ0n) is 53.6. The molecule has 5 heterocycles. The summed E-state index contributed by atoms with van der Waals surface area (Å²) in [6.07, 6.45) is -33.4. The monoisotopic (exact) mass is 1320 g/mol. The molecule has 0 spiro atoms. The summed E-state index contributed by atoms with van der Waals surface area (Å²) in [6.45, 7) is 13.3. The molecule has 5 aliphatic heterocycles. The fraction of sp³-hybridized carbons (Fsp3) is 0.905. The van der Waals surface area contributed by atoms with Gasteiger partial charge in [-0.2, -0.15) is 0 Å². The first-order valence-electron chi connectivity index (χ1n) is 32.4. The molecule has 5 aliphatic carbocycles. The molecule has 10 rings (SSSR count). The smallest absolute Gasteiger partial charge is 0.330 e. The van der Waals surface area contributed by atoms with Crippen LogP contribution in [0.15, 0.2) is 23.8 Å². The highest BCUT2D eigenvalue weighted by Crippen LogP contribution is 2.76. The van der Waals surface area contributed by atoms with E-state index < -0.39 is 237 Å². The molecule has 0 amide bonds. The Kier molecular flexibility index (Phi) is 20.9. The molecule has 526 valence electrons. The van der Waals surface area contributed by atoms with Crippen molar-refractivity contribution < 1.29 is 143 Å². The van der Waals surface area contributed by atoms with Gasteiger partial charge in [-0.3, -0.25) is 4.79 Å². The molecular weight excluding hydrogens is 1220 g/mol. The molecule has 4 saturated carbocycles. The fourth-order valence-corrected chi connectivity index (χ4v) is 18.3. The van der Waals surface area contributed by atoms with Crippen molar-refractivity contribution in [1.82, 2.24) is 0 Å². The highest BCUT2D eigenvalue weighted by atomic mass is 16.8. The van der Waals surface area contributed by atoms with Gasteiger partial charge in [0.15, 0.2) is 31.3 Å². The van der Waals surface area contributed by atoms with Gasteiger partial charge in [0, 0.05) is 11.5 Å². The summed E-state index contributed by atoms with van der Waals surface area (Å²) in [6, 6.07) is 0. The topological polar surface area (TPSA) is 459 Å². The molecule has 16 N–H and O–H groups in total. The van der Waals surface area contributed by atoms with Crippen LogP contribution in [-0.2, 0) is 61.7 Å². The number of carbonyl (C=O) groups excluding carboxylic acids is 2. The van der Waals surface area contributed by atoms with Gasteiger partial charge in [0.25, 0.3) is 0 Å². The van der Waals surface area contributed by atoms with Crippen LogP contribution in [0.25, 0.3) is 0 Å². The van der Waals surface area contributed by atoms with Crippen LogP contribution in [0.2, 0.25) is 0 Å². The Bertz CT molecular complexity index is 2670. The van der Waals surface area contributed by atoms with Crippen molar-refractivity contribution in [2.75, 3.05) is 33.0 Å². The fourth-order valence-electron chi connectivity index (χ4n) is 18.3. The van der Waals surface area contributed by atoms with E-state index in [4.69, 9.17) is 52.1 Å². The van der Waals surface area contributed by atoms with Crippen molar-refractivity contribution in [3.8, 4) is 0 Å². The van der Waals surface area contributed by atoms with E-state index in [-0.39, 0.29) is 36.5 Å². The highest BCUT2D eigenvalue weighted by molar-refractivity contribution is 5.82. The number of rotatable bonds is 15. The summed E-state index contributed by atoms with van der Waals surface area (Å²) < 4.78 is 65.1. The van der Waals surface area contributed by atoms with E-state index in [1.165, 1.54) is 19.9 Å². The van der Waals surface area contributed by atoms with Crippen LogP contribution in [0.5, 0.6) is 0 Å². The van der Waals surface area contributed by atoms with Crippen molar-refractivity contribution >= 4 is 11.9 Å². The molecule has 10 aliphatic rings. The third-order valence-corrected chi connectivity index (χ3v) is 23.8. The Balaban J connectivity index is 0.895. The van der Waals surface area contributed by atoms with Crippen molar-refractivity contribution in [2.24, 2.45) is 50.2 Å². The largest absolute Gasteiger partial charge is 0.459 e. The van der Waals surface area contributed by atoms with E-state index in [0.717, 1.165) is 11.6 Å². The van der Waals surface area contributed by atoms with Crippen LogP contribution in [0.1, 0.15) is 114 Å². The Morgan fingerprint density at radius 2 is 1.28 bits per heavy atom. The molecule has 9 fully saturated rings. The van der Waals surface area contributed by atoms with Crippen LogP contribution < -0.4 is 0 Å². The zero-order chi connectivity index (χ0) is 67.5. The molecule has 92 heavy (non-hydrogen) atoms. The summed E-state index contributed by atoms with van der Waals surface area (Å²) in [7, 11) is 0. The molecule has 34 atom stereocenters. The molecule has 29 nitrogen and oxygen atoms in total. The lowest BCUT2D eigenvalue weighted by Crippen LogP contribution is -2.71. The number of esters is 2. The van der Waals surface area contributed by atoms with Gasteiger partial charge in [0.05, 0.1) is 56.9 Å². The van der Waals surface area contributed by atoms with Crippen molar-refractivity contribution in [3.05, 3.63) is 23.8 Å². The predicted molar refractivity (Wildman–Crippen MR) is 310 cm³/mol. The van der Waals surface area contributed by atoms with Gasteiger partial charge in [-0.05, 0) is 112 Å². The van der Waals surface area contributed by atoms with Crippen LogP contribution in [0.3, 0.4) is 0 Å². The first kappa shape index (κ1) is 72.2. The van der Waals surface area contributed by atoms with Crippen molar-refractivity contribution in [2.45, 2.75) is 273 Å². The zero-order valence-corrected chi connectivity index (χ0v) is 53.6. The van der Waals surface area contributed by atoms with Gasteiger partial charge in [-0.15, -0.1) is 0 Å². The lowest BCUT2D eigenvalue weighted by molar-refractivity contribution is -0.420. The highest BCUT2D eigenvalue weighted by Gasteiger charge is 2.73. The number of ether oxygens (including phenoxy) is 11. The van der Waals surface area contributed by atoms with Gasteiger partial charge in [0.2, 0.25) is 5.79 Å². The molecule has 29 heteroatoms. The maximum Gasteiger partial charge on any atom is 0.330 e. The average Bonchev–Trinajstić information content (AvgIpc) is 0.668. The van der Waals surface area contributed by atoms with Gasteiger partial charge >= 0.3 is 11.9 Å². The number of fused-ring (bicyclic) bond motifs is 7. The number of carbonyl (C=O) groups is 2. The Hall–Kier alpha value is -2.58. The maximum atomic E-state index is 15.6. The second-order valence-corrected chi connectivity index (χ2v) is 29.7. The van der Waals surface area contributed by atoms with E-state index in [1.54, 1.807) is 6.92 Å². The molecule has 0 radical (unpaired) electrons. The lowest BCUT2D eigenvalue weighted by Gasteiger charge is -2.72. The van der Waals surface area contributed by atoms with E-state index in [2.05, 4.69) is 40.7 Å². The third-order valence-electron chi connectivity index (χ3n) is 23.8. The van der Waals surface area contributed by atoms with E-state index >= 15 is 4.79 Å². The van der Waals surface area contributed by atoms with E-state index in [1.807, 2.05) is 6.92 Å². The van der Waals surface area contributed by atoms with Crippen LogP contribution >= 0.6 is 0 Å². The van der Waals surface area contributed by atoms with Gasteiger partial charge in [-0.1, -0.05) is 59.3 Å². The van der Waals surface area contributed by atoms with Crippen LogP contribution in [0, 0.1) is 50.2 Å². The SMILES string of the molecule is C/C=C/C(=O)O[C@@H]1CO[C@@](COC(=O)[C@]23CCC(C)(C)C[C@H]2C2=CC[C@@H]4[C@@]5(C)C[C@H](O)[C@H](O[C@@H]6O[C@H](CO)[C@@H](O)[C@H](O)[C@H]6O)[C@@](C)(CO)[C@@H]5CC[C@@]4(C)[C@]2(C)C[C@H]3O)(O[C@@H]2O[C@@H](C)[C@H](O[C@@H]3OC[C@@H](O)[C@H](O[C@@H]4O[C@@H](C)[C@H](O)[C@@H](O)[C@H]4O)[C@H]3O)[C@@H](O)[C@H]2O)[C@@H](O)[C@@H]1O. The number of hydrogen-bond acceptors (Lipinski definition) is 29. The summed E-state index contributed by atoms with van der Waals surface area (Å²) in [5, 5.41) is 180. The molecule has 0 unspecified atom stereocenters. The molecule has 0 aromatic carbocycles. The number of aliphatic hydroxyl groups excluding tert-OH is 16. The first-order chi connectivity index (χ1) is 43.0. The van der Waals surface area contributed by atoms with Crippen molar-refractivity contribution in [3.63, 3.8) is 0 Å². The standard InChI is InChI=1S/C63H100O29/c1-10-11-37(69)87-33-23-84-63(50(80)40(33)72,92-55-46(78)43(75)48(27(3)86-55)89-52-47(79)49(31(67)22-82-52)90-53-44(76)41(73)38(70)26(2)85-53)25-83-56(81)62-17-16-57(4,5)18-29(62)28-12-13-35-58(6)19-30(66)51(91-54-45(77)42(74)39(71)32(21-64)88-54)59(7,24-65)34(58)14-15-60(35,8)61(28,9)20-36(62)68/h10-12,26-27,29-36,38-55,64-68,70-80H,13-25H2,1-9H3/b11-10+/t26-,27-,29-,30-,31+,32+,33+,34+,35+,36+,38-,39+,40+,41+,42-,43-,44+,45+,46+,47+,48-,49-,50-,51-,52-,53-,54-,55-,58-,59-,60+,61+,62+,63-/m0/s1. The van der Waals surface area contributed by atoms with Gasteiger partial charge in [-0.25, -0.2) is 4.79 Å². The second-order valence-electron chi connectivity index (χ2n) is 29.7. The average molecular weight is 1320 g/mol. The molecular formula is C63H100O29. The van der Waals surface area contributed by atoms with E-state index in [9.17, 15) is 86.5 Å². The maximum absolute atomic E-state index is 15.6. The summed E-state index contributed by atoms with van der Waals surface area (Å²) in [5.41, 5.74) is -4.31. The quantitative estimate of drug-likeness (QED) is 0.0328. The van der Waals surface area contributed by atoms with Crippen molar-refractivity contribution in [1.29, 1.82) is 0 Å². The Labute approximate surface area is 533 Å². The predicted octanol–water partition coefficient (Wildman–Crippen LogP) is -3.47. The Morgan fingerprint density at radius 3 is 1.95 bits per heavy atom. The second kappa shape index (κ2) is 26.6. The summed E-state index contributed by atoms with van der Waals surface area (Å²) >= 11 is 0. The molecule has 0 aromatic rings. The normalized spacial score (nSPS) is 53.6. The Morgan fingerprint density at radius 1 is 0.641 bits per heavy atom. The van der Waals surface area contributed by atoms with E-state index in [0.29, 0.717) is 32.1 Å². The summed E-state index contributed by atoms with van der Waals surface area (Å²) in [5.74, 6) is -5.60. The first-order valence-corrected chi connectivity index (χ1v) is 32.4. The molecule has 0 aromatic heterocycles. The number of allylic oxidation sites excluding steroid dienone is 3. The molecule has 0 bridgehead atoms. The lowest BCUT2D eigenvalue weighted by atomic mass is 9.33. The van der Waals surface area contributed by atoms with Gasteiger partial charge < -0.3 is 134 Å². The minimum absolute atomic E-state index is 0.0742. The van der Waals surface area contributed by atoms with Crippen LogP contribution in [0.4, 0.5) is 0 Å². The van der Waals surface area contributed by atoms with Gasteiger partial charge in [0.1, 0.15) is 104 Å². The minimum Gasteiger partial charge on any atom is -0.459 e. The number of hydrogen-bond donors (Lipinski definition) is 16.